The molecule has 1 rings (SSSR count). The summed E-state index contributed by atoms with van der Waals surface area (Å²) < 4.78 is 0. The molecule has 10 heavy (non-hydrogen) atoms. The average molecular weight is 158 g/mol. The van der Waals surface area contributed by atoms with Gasteiger partial charge in [-0.1, -0.05) is 13.8 Å². The molecule has 0 nitrogen and oxygen atoms in total. The molecule has 1 aliphatic carbocycles. The van der Waals surface area contributed by atoms with E-state index in [-0.39, 0.29) is 0 Å². The van der Waals surface area contributed by atoms with Crippen molar-refractivity contribution in [3.8, 4) is 0 Å². The summed E-state index contributed by atoms with van der Waals surface area (Å²) in [6.45, 7) is 4.76. The Kier molecular flexibility index (Phi) is 2.67. The van der Waals surface area contributed by atoms with E-state index in [0.717, 1.165) is 11.7 Å². The van der Waals surface area contributed by atoms with Crippen LogP contribution in [-0.2, 0) is 0 Å². The van der Waals surface area contributed by atoms with E-state index in [2.05, 4.69) is 26.5 Å². The molecule has 1 heteroatoms. The smallest absolute Gasteiger partial charge is 0.00953 e. The maximum atomic E-state index is 4.25. The molecular weight excluding hydrogens is 140 g/mol. The van der Waals surface area contributed by atoms with Crippen LogP contribution in [-0.4, -0.2) is 5.75 Å². The van der Waals surface area contributed by atoms with Crippen LogP contribution in [0.2, 0.25) is 0 Å². The molecule has 1 fully saturated rings. The zero-order valence-electron chi connectivity index (χ0n) is 7.06. The third-order valence-electron chi connectivity index (χ3n) is 2.61. The molecule has 1 aliphatic rings. The van der Waals surface area contributed by atoms with Gasteiger partial charge in [0.1, 0.15) is 0 Å². The summed E-state index contributed by atoms with van der Waals surface area (Å²) in [5.41, 5.74) is 0.633. The molecule has 1 saturated carbocycles. The maximum absolute atomic E-state index is 4.25. The van der Waals surface area contributed by atoms with E-state index in [1.807, 2.05) is 0 Å². The molecule has 0 heterocycles. The van der Waals surface area contributed by atoms with E-state index in [1.54, 1.807) is 0 Å². The Balaban J connectivity index is 2.29. The van der Waals surface area contributed by atoms with Crippen molar-refractivity contribution in [1.82, 2.24) is 0 Å². The molecule has 0 spiro atoms. The van der Waals surface area contributed by atoms with Crippen molar-refractivity contribution in [2.75, 3.05) is 5.75 Å². The van der Waals surface area contributed by atoms with Crippen molar-refractivity contribution in [2.45, 2.75) is 39.5 Å². The van der Waals surface area contributed by atoms with E-state index in [1.165, 1.54) is 25.7 Å². The van der Waals surface area contributed by atoms with Crippen LogP contribution in [0.4, 0.5) is 0 Å². The Bertz CT molecular complexity index is 107. The van der Waals surface area contributed by atoms with Crippen LogP contribution in [0.15, 0.2) is 0 Å². The van der Waals surface area contributed by atoms with Gasteiger partial charge >= 0.3 is 0 Å². The zero-order chi connectivity index (χ0) is 7.61. The summed E-state index contributed by atoms with van der Waals surface area (Å²) in [5, 5.41) is 0. The Hall–Kier alpha value is 0.350. The van der Waals surface area contributed by atoms with Crippen LogP contribution in [0.5, 0.6) is 0 Å². The molecular formula is C9H18S. The second-order valence-corrected chi connectivity index (χ2v) is 4.73. The first-order valence-corrected chi connectivity index (χ1v) is 4.88. The summed E-state index contributed by atoms with van der Waals surface area (Å²) >= 11 is 4.25. The minimum absolute atomic E-state index is 0.633. The van der Waals surface area contributed by atoms with Crippen LogP contribution in [0.1, 0.15) is 39.5 Å². The molecule has 0 radical (unpaired) electrons. The van der Waals surface area contributed by atoms with Crippen LogP contribution >= 0.6 is 12.6 Å². The van der Waals surface area contributed by atoms with E-state index in [9.17, 15) is 0 Å². The van der Waals surface area contributed by atoms with Gasteiger partial charge in [0.05, 0.1) is 0 Å². The monoisotopic (exact) mass is 158 g/mol. The number of thiol groups is 1. The van der Waals surface area contributed by atoms with Crippen molar-refractivity contribution < 1.29 is 0 Å². The Morgan fingerprint density at radius 2 is 2.20 bits per heavy atom. The number of hydrogen-bond acceptors (Lipinski definition) is 1. The van der Waals surface area contributed by atoms with Gasteiger partial charge in [-0.3, -0.25) is 0 Å². The van der Waals surface area contributed by atoms with E-state index >= 15 is 0 Å². The zero-order valence-corrected chi connectivity index (χ0v) is 7.95. The van der Waals surface area contributed by atoms with Gasteiger partial charge in [-0.2, -0.15) is 12.6 Å². The first kappa shape index (κ1) is 8.45. The van der Waals surface area contributed by atoms with Crippen LogP contribution in [0.3, 0.4) is 0 Å². The Morgan fingerprint density at radius 1 is 1.50 bits per heavy atom. The van der Waals surface area contributed by atoms with Gasteiger partial charge in [-0.15, -0.1) is 0 Å². The second-order valence-electron chi connectivity index (χ2n) is 4.29. The lowest BCUT2D eigenvalue weighted by atomic mass is 9.90. The molecule has 0 amide bonds. The highest BCUT2D eigenvalue weighted by molar-refractivity contribution is 7.80. The van der Waals surface area contributed by atoms with Gasteiger partial charge in [0.15, 0.2) is 0 Å². The molecule has 0 N–H and O–H groups in total. The molecule has 0 aromatic carbocycles. The molecule has 1 unspecified atom stereocenters. The van der Waals surface area contributed by atoms with E-state index < -0.39 is 0 Å². The predicted molar refractivity (Wildman–Crippen MR) is 49.6 cm³/mol. The van der Waals surface area contributed by atoms with Crippen molar-refractivity contribution in [3.05, 3.63) is 0 Å². The quantitative estimate of drug-likeness (QED) is 0.586. The standard InChI is InChI=1S/C9H18S/c1-9(2)5-3-8(7-9)4-6-10/h8,10H,3-7H2,1-2H3. The van der Waals surface area contributed by atoms with Gasteiger partial charge in [0.2, 0.25) is 0 Å². The van der Waals surface area contributed by atoms with E-state index in [0.29, 0.717) is 5.41 Å². The molecule has 0 saturated heterocycles. The highest BCUT2D eigenvalue weighted by atomic mass is 32.1. The SMILES string of the molecule is CC1(C)CCC(CCS)C1. The maximum Gasteiger partial charge on any atom is -0.00953 e. The minimum atomic E-state index is 0.633. The molecule has 0 bridgehead atoms. The second kappa shape index (κ2) is 3.17. The topological polar surface area (TPSA) is 0 Å². The first-order valence-electron chi connectivity index (χ1n) is 4.25. The fourth-order valence-electron chi connectivity index (χ4n) is 2.01. The lowest BCUT2D eigenvalue weighted by Gasteiger charge is -2.16. The van der Waals surface area contributed by atoms with Crippen LogP contribution < -0.4 is 0 Å². The highest BCUT2D eigenvalue weighted by Gasteiger charge is 2.29. The van der Waals surface area contributed by atoms with Gasteiger partial charge in [-0.25, -0.2) is 0 Å². The van der Waals surface area contributed by atoms with Crippen molar-refractivity contribution >= 4 is 12.6 Å². The largest absolute Gasteiger partial charge is 0.179 e. The normalized spacial score (nSPS) is 30.9. The van der Waals surface area contributed by atoms with Crippen molar-refractivity contribution in [2.24, 2.45) is 11.3 Å². The van der Waals surface area contributed by atoms with Gasteiger partial charge in [-0.05, 0) is 42.8 Å². The summed E-state index contributed by atoms with van der Waals surface area (Å²) in [6.07, 6.45) is 5.61. The predicted octanol–water partition coefficient (Wildman–Crippen LogP) is 3.13. The molecule has 0 aromatic rings. The van der Waals surface area contributed by atoms with Gasteiger partial charge in [0.25, 0.3) is 0 Å². The Morgan fingerprint density at radius 3 is 2.60 bits per heavy atom. The fraction of sp³-hybridized carbons (Fsp3) is 1.00. The minimum Gasteiger partial charge on any atom is -0.179 e. The van der Waals surface area contributed by atoms with Crippen molar-refractivity contribution in [3.63, 3.8) is 0 Å². The molecule has 1 atom stereocenters. The lowest BCUT2D eigenvalue weighted by Crippen LogP contribution is -2.05. The third-order valence-corrected chi connectivity index (χ3v) is 2.87. The molecule has 0 aromatic heterocycles. The van der Waals surface area contributed by atoms with E-state index in [4.69, 9.17) is 0 Å². The van der Waals surface area contributed by atoms with Gasteiger partial charge in [0, 0.05) is 0 Å². The lowest BCUT2D eigenvalue weighted by molar-refractivity contribution is 0.358. The summed E-state index contributed by atoms with van der Waals surface area (Å²) in [7, 11) is 0. The van der Waals surface area contributed by atoms with Crippen molar-refractivity contribution in [1.29, 1.82) is 0 Å². The van der Waals surface area contributed by atoms with Gasteiger partial charge < -0.3 is 0 Å². The highest BCUT2D eigenvalue weighted by Crippen LogP contribution is 2.42. The van der Waals surface area contributed by atoms with Crippen LogP contribution in [0.25, 0.3) is 0 Å². The Labute approximate surface area is 69.8 Å². The summed E-state index contributed by atoms with van der Waals surface area (Å²) in [6, 6.07) is 0. The van der Waals surface area contributed by atoms with Crippen LogP contribution in [0, 0.1) is 11.3 Å². The summed E-state index contributed by atoms with van der Waals surface area (Å²) in [5.74, 6) is 2.05. The average Bonchev–Trinajstić information content (AvgIpc) is 2.12. The molecule has 60 valence electrons. The molecule has 0 aliphatic heterocycles. The summed E-state index contributed by atoms with van der Waals surface area (Å²) in [4.78, 5) is 0. The third kappa shape index (κ3) is 2.19. The fourth-order valence-corrected chi connectivity index (χ4v) is 2.37. The number of rotatable bonds is 2. The first-order chi connectivity index (χ1) is 4.64. The number of hydrogen-bond donors (Lipinski definition) is 1.